The Kier molecular flexibility index (Phi) is 3.88. The zero-order valence-corrected chi connectivity index (χ0v) is 11.7. The van der Waals surface area contributed by atoms with E-state index in [1.807, 2.05) is 11.0 Å². The van der Waals surface area contributed by atoms with Gasteiger partial charge in [0.15, 0.2) is 5.82 Å². The minimum Gasteiger partial charge on any atom is -0.367 e. The maximum absolute atomic E-state index is 14.2. The molecule has 2 rings (SSSR count). The van der Waals surface area contributed by atoms with Gasteiger partial charge >= 0.3 is 0 Å². The highest BCUT2D eigenvalue weighted by Crippen LogP contribution is 2.31. The van der Waals surface area contributed by atoms with Crippen LogP contribution >= 0.6 is 15.9 Å². The summed E-state index contributed by atoms with van der Waals surface area (Å²) >= 11 is 3.13. The first-order chi connectivity index (χ1) is 8.52. The molecule has 1 saturated heterocycles. The molecule has 1 heterocycles. The van der Waals surface area contributed by atoms with E-state index in [1.54, 1.807) is 12.1 Å². The topological polar surface area (TPSA) is 53.0 Å². The molecule has 0 aromatic heterocycles. The first kappa shape index (κ1) is 13.3. The van der Waals surface area contributed by atoms with Gasteiger partial charge in [-0.25, -0.2) is 4.39 Å². The van der Waals surface area contributed by atoms with Crippen molar-refractivity contribution >= 4 is 21.6 Å². The summed E-state index contributed by atoms with van der Waals surface area (Å²) in [5.74, 6) is 0.0675. The SMILES string of the molecule is CC1CC(N)CN(c2ccc(C#N)c(Br)c2F)C1. The standard InChI is InChI=1S/C13H15BrFN3/c1-8-4-10(17)7-18(6-8)11-3-2-9(5-16)12(14)13(11)15/h2-3,8,10H,4,6-7,17H2,1H3. The monoisotopic (exact) mass is 311 g/mol. The second kappa shape index (κ2) is 5.25. The Labute approximate surface area is 115 Å². The number of benzene rings is 1. The van der Waals surface area contributed by atoms with Crippen LogP contribution in [0.3, 0.4) is 0 Å². The fraction of sp³-hybridized carbons (Fsp3) is 0.462. The number of hydrogen-bond acceptors (Lipinski definition) is 3. The fourth-order valence-corrected chi connectivity index (χ4v) is 2.89. The number of hydrogen-bond donors (Lipinski definition) is 1. The van der Waals surface area contributed by atoms with E-state index in [9.17, 15) is 4.39 Å². The van der Waals surface area contributed by atoms with Crippen molar-refractivity contribution in [2.24, 2.45) is 11.7 Å². The lowest BCUT2D eigenvalue weighted by atomic mass is 9.96. The summed E-state index contributed by atoms with van der Waals surface area (Å²) in [5.41, 5.74) is 6.80. The van der Waals surface area contributed by atoms with Crippen LogP contribution in [0.1, 0.15) is 18.9 Å². The minimum atomic E-state index is -0.379. The molecule has 1 fully saturated rings. The van der Waals surface area contributed by atoms with Crippen LogP contribution in [0.5, 0.6) is 0 Å². The molecule has 3 nitrogen and oxygen atoms in total. The van der Waals surface area contributed by atoms with Gasteiger partial charge in [-0.2, -0.15) is 5.26 Å². The third kappa shape index (κ3) is 2.50. The molecule has 5 heteroatoms. The van der Waals surface area contributed by atoms with Crippen LogP contribution in [0.4, 0.5) is 10.1 Å². The van der Waals surface area contributed by atoms with Crippen LogP contribution in [-0.2, 0) is 0 Å². The smallest absolute Gasteiger partial charge is 0.161 e. The number of nitriles is 1. The number of nitrogens with zero attached hydrogens (tertiary/aromatic N) is 2. The van der Waals surface area contributed by atoms with Gasteiger partial charge in [-0.15, -0.1) is 0 Å². The lowest BCUT2D eigenvalue weighted by Crippen LogP contribution is -2.46. The van der Waals surface area contributed by atoms with Gasteiger partial charge in [0.1, 0.15) is 6.07 Å². The molecule has 96 valence electrons. The molecule has 1 aromatic rings. The van der Waals surface area contributed by atoms with Crippen molar-refractivity contribution in [3.05, 3.63) is 28.0 Å². The van der Waals surface area contributed by atoms with E-state index in [0.29, 0.717) is 23.7 Å². The Morgan fingerprint density at radius 2 is 2.22 bits per heavy atom. The Morgan fingerprint density at radius 1 is 1.50 bits per heavy atom. The number of anilines is 1. The highest BCUT2D eigenvalue weighted by atomic mass is 79.9. The summed E-state index contributed by atoms with van der Waals surface area (Å²) in [5, 5.41) is 8.85. The first-order valence-corrected chi connectivity index (χ1v) is 6.70. The number of rotatable bonds is 1. The zero-order valence-electron chi connectivity index (χ0n) is 10.2. The zero-order chi connectivity index (χ0) is 13.3. The predicted octanol–water partition coefficient (Wildman–Crippen LogP) is 2.63. The molecule has 0 saturated carbocycles. The molecule has 0 amide bonds. The van der Waals surface area contributed by atoms with E-state index in [4.69, 9.17) is 11.0 Å². The molecule has 0 aliphatic carbocycles. The van der Waals surface area contributed by atoms with Crippen LogP contribution in [0.25, 0.3) is 0 Å². The van der Waals surface area contributed by atoms with Gasteiger partial charge in [0, 0.05) is 19.1 Å². The Balaban J connectivity index is 2.34. The van der Waals surface area contributed by atoms with E-state index in [2.05, 4.69) is 22.9 Å². The van der Waals surface area contributed by atoms with Gasteiger partial charge in [-0.3, -0.25) is 0 Å². The van der Waals surface area contributed by atoms with Crippen LogP contribution in [0, 0.1) is 23.1 Å². The minimum absolute atomic E-state index is 0.0718. The normalized spacial score (nSPS) is 23.8. The molecule has 2 N–H and O–H groups in total. The highest BCUT2D eigenvalue weighted by Gasteiger charge is 2.25. The Hall–Kier alpha value is -1.12. The molecular weight excluding hydrogens is 297 g/mol. The lowest BCUT2D eigenvalue weighted by molar-refractivity contribution is 0.398. The number of piperidine rings is 1. The van der Waals surface area contributed by atoms with Crippen molar-refractivity contribution in [3.63, 3.8) is 0 Å². The Morgan fingerprint density at radius 3 is 2.83 bits per heavy atom. The molecule has 0 spiro atoms. The van der Waals surface area contributed by atoms with E-state index < -0.39 is 0 Å². The molecule has 0 radical (unpaired) electrons. The maximum atomic E-state index is 14.2. The lowest BCUT2D eigenvalue weighted by Gasteiger charge is -2.36. The van der Waals surface area contributed by atoms with Crippen molar-refractivity contribution in [2.45, 2.75) is 19.4 Å². The molecule has 18 heavy (non-hydrogen) atoms. The van der Waals surface area contributed by atoms with Crippen molar-refractivity contribution in [1.29, 1.82) is 5.26 Å². The highest BCUT2D eigenvalue weighted by molar-refractivity contribution is 9.10. The van der Waals surface area contributed by atoms with E-state index in [1.165, 1.54) is 0 Å². The quantitative estimate of drug-likeness (QED) is 0.867. The van der Waals surface area contributed by atoms with Gasteiger partial charge in [0.25, 0.3) is 0 Å². The number of halogens is 2. The summed E-state index contributed by atoms with van der Waals surface area (Å²) in [6, 6.07) is 5.31. The molecule has 1 aliphatic rings. The Bertz CT molecular complexity index is 488. The van der Waals surface area contributed by atoms with Gasteiger partial charge in [0.05, 0.1) is 15.7 Å². The number of nitrogens with two attached hydrogens (primary N) is 1. The third-order valence-corrected chi connectivity index (χ3v) is 3.99. The summed E-state index contributed by atoms with van der Waals surface area (Å²) in [6.07, 6.45) is 0.968. The van der Waals surface area contributed by atoms with E-state index in [-0.39, 0.29) is 16.3 Å². The van der Waals surface area contributed by atoms with Crippen molar-refractivity contribution in [2.75, 3.05) is 18.0 Å². The third-order valence-electron chi connectivity index (χ3n) is 3.22. The van der Waals surface area contributed by atoms with Crippen LogP contribution in [0.15, 0.2) is 16.6 Å². The fourth-order valence-electron chi connectivity index (χ4n) is 2.47. The second-order valence-corrected chi connectivity index (χ2v) is 5.67. The summed E-state index contributed by atoms with van der Waals surface area (Å²) in [6.45, 7) is 3.56. The van der Waals surface area contributed by atoms with E-state index in [0.717, 1.165) is 13.0 Å². The molecule has 2 atom stereocenters. The predicted molar refractivity (Wildman–Crippen MR) is 72.8 cm³/mol. The summed E-state index contributed by atoms with van der Waals surface area (Å²) in [4.78, 5) is 1.96. The van der Waals surface area contributed by atoms with Crippen LogP contribution in [0.2, 0.25) is 0 Å². The summed E-state index contributed by atoms with van der Waals surface area (Å²) in [7, 11) is 0. The average molecular weight is 312 g/mol. The first-order valence-electron chi connectivity index (χ1n) is 5.91. The van der Waals surface area contributed by atoms with Gasteiger partial charge in [0.2, 0.25) is 0 Å². The average Bonchev–Trinajstić information content (AvgIpc) is 2.31. The van der Waals surface area contributed by atoms with Crippen LogP contribution < -0.4 is 10.6 Å². The maximum Gasteiger partial charge on any atom is 0.161 e. The molecule has 2 unspecified atom stereocenters. The van der Waals surface area contributed by atoms with Gasteiger partial charge in [-0.1, -0.05) is 6.92 Å². The molecular formula is C13H15BrFN3. The van der Waals surface area contributed by atoms with Crippen molar-refractivity contribution in [1.82, 2.24) is 0 Å². The van der Waals surface area contributed by atoms with E-state index >= 15 is 0 Å². The molecule has 1 aromatic carbocycles. The van der Waals surface area contributed by atoms with Crippen molar-refractivity contribution in [3.8, 4) is 6.07 Å². The second-order valence-electron chi connectivity index (χ2n) is 4.88. The molecule has 1 aliphatic heterocycles. The van der Waals surface area contributed by atoms with Crippen LogP contribution in [-0.4, -0.2) is 19.1 Å². The largest absolute Gasteiger partial charge is 0.367 e. The summed E-state index contributed by atoms with van der Waals surface area (Å²) < 4.78 is 14.4. The van der Waals surface area contributed by atoms with Gasteiger partial charge < -0.3 is 10.6 Å². The van der Waals surface area contributed by atoms with Crippen molar-refractivity contribution < 1.29 is 4.39 Å². The molecule has 0 bridgehead atoms. The van der Waals surface area contributed by atoms with Gasteiger partial charge in [-0.05, 0) is 40.4 Å².